The summed E-state index contributed by atoms with van der Waals surface area (Å²) in [4.78, 5) is 32.7. The normalized spacial score (nSPS) is 29.7. The third kappa shape index (κ3) is 4.49. The molecule has 1 fully saturated rings. The zero-order valence-electron chi connectivity index (χ0n) is 10.8. The summed E-state index contributed by atoms with van der Waals surface area (Å²) in [6.07, 6.45) is -4.53. The second-order valence-corrected chi connectivity index (χ2v) is 4.02. The molecule has 1 N–H and O–H groups in total. The van der Waals surface area contributed by atoms with Crippen LogP contribution in [0.3, 0.4) is 0 Å². The fourth-order valence-corrected chi connectivity index (χ4v) is 1.69. The molecule has 1 rings (SSSR count). The minimum atomic E-state index is -1.45. The lowest BCUT2D eigenvalue weighted by Gasteiger charge is -2.21. The molecule has 108 valence electrons. The standard InChI is InChI=1S/C11H16O8/c1-5(12)16-4-8-9(17-6(2)13)10(11(15)19-8)18-7(3)14/h8-11,15H,4H2,1-3H3/t8?,9-,10-,11+/m0/s1. The van der Waals surface area contributed by atoms with Crippen LogP contribution in [0.5, 0.6) is 0 Å². The van der Waals surface area contributed by atoms with Crippen LogP contribution in [0.15, 0.2) is 0 Å². The molecule has 1 unspecified atom stereocenters. The van der Waals surface area contributed by atoms with Gasteiger partial charge in [0.2, 0.25) is 0 Å². The third-order valence-electron chi connectivity index (χ3n) is 2.34. The largest absolute Gasteiger partial charge is 0.463 e. The van der Waals surface area contributed by atoms with Crippen LogP contribution < -0.4 is 0 Å². The summed E-state index contributed by atoms with van der Waals surface area (Å²) < 4.78 is 19.6. The minimum absolute atomic E-state index is 0.220. The summed E-state index contributed by atoms with van der Waals surface area (Å²) in [5.41, 5.74) is 0. The van der Waals surface area contributed by atoms with E-state index in [-0.39, 0.29) is 6.61 Å². The van der Waals surface area contributed by atoms with E-state index in [0.717, 1.165) is 6.92 Å². The van der Waals surface area contributed by atoms with Gasteiger partial charge in [0.1, 0.15) is 12.7 Å². The first-order valence-electron chi connectivity index (χ1n) is 5.62. The first-order valence-corrected chi connectivity index (χ1v) is 5.62. The maximum Gasteiger partial charge on any atom is 0.303 e. The summed E-state index contributed by atoms with van der Waals surface area (Å²) >= 11 is 0. The van der Waals surface area contributed by atoms with Gasteiger partial charge in [-0.15, -0.1) is 0 Å². The van der Waals surface area contributed by atoms with E-state index in [4.69, 9.17) is 18.9 Å². The smallest absolute Gasteiger partial charge is 0.303 e. The topological polar surface area (TPSA) is 108 Å². The molecule has 0 aromatic heterocycles. The molecule has 0 aromatic carbocycles. The third-order valence-corrected chi connectivity index (χ3v) is 2.34. The number of rotatable bonds is 4. The van der Waals surface area contributed by atoms with Gasteiger partial charge in [0.05, 0.1) is 0 Å². The molecule has 8 heteroatoms. The van der Waals surface area contributed by atoms with Crippen LogP contribution in [0, 0.1) is 0 Å². The molecule has 0 radical (unpaired) electrons. The Labute approximate surface area is 109 Å². The maximum atomic E-state index is 11.0. The van der Waals surface area contributed by atoms with Crippen molar-refractivity contribution in [3.8, 4) is 0 Å². The van der Waals surface area contributed by atoms with Gasteiger partial charge < -0.3 is 24.1 Å². The molecule has 0 amide bonds. The van der Waals surface area contributed by atoms with Gasteiger partial charge in [-0.2, -0.15) is 0 Å². The van der Waals surface area contributed by atoms with Crippen molar-refractivity contribution in [2.75, 3.05) is 6.61 Å². The van der Waals surface area contributed by atoms with Crippen LogP contribution in [0.2, 0.25) is 0 Å². The molecule has 1 aliphatic heterocycles. The Morgan fingerprint density at radius 1 is 1.00 bits per heavy atom. The zero-order valence-corrected chi connectivity index (χ0v) is 10.8. The number of hydrogen-bond donors (Lipinski definition) is 1. The SMILES string of the molecule is CC(=O)OCC1O[C@@H](O)[C@@H](OC(C)=O)[C@H]1OC(C)=O. The number of esters is 3. The van der Waals surface area contributed by atoms with E-state index < -0.39 is 42.5 Å². The van der Waals surface area contributed by atoms with Crippen LogP contribution in [0.1, 0.15) is 20.8 Å². The summed E-state index contributed by atoms with van der Waals surface area (Å²) in [6.45, 7) is 3.30. The number of hydrogen-bond acceptors (Lipinski definition) is 8. The van der Waals surface area contributed by atoms with Crippen LogP contribution in [0.25, 0.3) is 0 Å². The Bertz CT molecular complexity index is 366. The predicted octanol–water partition coefficient (Wildman–Crippen LogP) is -0.870. The van der Waals surface area contributed by atoms with E-state index in [1.807, 2.05) is 0 Å². The van der Waals surface area contributed by atoms with E-state index in [1.54, 1.807) is 0 Å². The summed E-state index contributed by atoms with van der Waals surface area (Å²) in [7, 11) is 0. The Balaban J connectivity index is 2.76. The Morgan fingerprint density at radius 3 is 2.00 bits per heavy atom. The molecule has 1 heterocycles. The van der Waals surface area contributed by atoms with Crippen LogP contribution in [-0.4, -0.2) is 54.2 Å². The molecule has 1 aliphatic rings. The quantitative estimate of drug-likeness (QED) is 0.521. The lowest BCUT2D eigenvalue weighted by molar-refractivity contribution is -0.174. The van der Waals surface area contributed by atoms with Gasteiger partial charge in [-0.25, -0.2) is 0 Å². The van der Waals surface area contributed by atoms with Crippen molar-refractivity contribution in [2.24, 2.45) is 0 Å². The molecular formula is C11H16O8. The van der Waals surface area contributed by atoms with Gasteiger partial charge in [-0.05, 0) is 0 Å². The summed E-state index contributed by atoms with van der Waals surface area (Å²) in [5.74, 6) is -1.83. The molecule has 0 bridgehead atoms. The van der Waals surface area contributed by atoms with Gasteiger partial charge in [-0.3, -0.25) is 14.4 Å². The first kappa shape index (κ1) is 15.4. The molecule has 4 atom stereocenters. The molecular weight excluding hydrogens is 260 g/mol. The lowest BCUT2D eigenvalue weighted by Crippen LogP contribution is -2.41. The summed E-state index contributed by atoms with van der Waals surface area (Å²) in [5, 5.41) is 9.63. The molecule has 8 nitrogen and oxygen atoms in total. The van der Waals surface area contributed by atoms with Crippen molar-refractivity contribution in [3.63, 3.8) is 0 Å². The molecule has 0 saturated carbocycles. The Morgan fingerprint density at radius 2 is 1.53 bits per heavy atom. The van der Waals surface area contributed by atoms with Crippen LogP contribution in [-0.2, 0) is 33.3 Å². The Kier molecular flexibility index (Phi) is 5.25. The number of aliphatic hydroxyl groups is 1. The fourth-order valence-electron chi connectivity index (χ4n) is 1.69. The van der Waals surface area contributed by atoms with Gasteiger partial charge in [0.15, 0.2) is 18.5 Å². The van der Waals surface area contributed by atoms with Crippen molar-refractivity contribution in [1.82, 2.24) is 0 Å². The highest BCUT2D eigenvalue weighted by Gasteiger charge is 2.48. The number of ether oxygens (including phenoxy) is 4. The second-order valence-electron chi connectivity index (χ2n) is 4.02. The molecule has 0 aliphatic carbocycles. The van der Waals surface area contributed by atoms with Crippen molar-refractivity contribution in [1.29, 1.82) is 0 Å². The fraction of sp³-hybridized carbons (Fsp3) is 0.727. The van der Waals surface area contributed by atoms with Gasteiger partial charge in [-0.1, -0.05) is 0 Å². The lowest BCUT2D eigenvalue weighted by atomic mass is 10.1. The molecule has 0 aromatic rings. The van der Waals surface area contributed by atoms with Crippen molar-refractivity contribution >= 4 is 17.9 Å². The number of carbonyl (C=O) groups is 3. The van der Waals surface area contributed by atoms with E-state index in [9.17, 15) is 19.5 Å². The second kappa shape index (κ2) is 6.48. The van der Waals surface area contributed by atoms with Crippen molar-refractivity contribution in [3.05, 3.63) is 0 Å². The Hall–Kier alpha value is -1.67. The minimum Gasteiger partial charge on any atom is -0.463 e. The average molecular weight is 276 g/mol. The van der Waals surface area contributed by atoms with Gasteiger partial charge in [0.25, 0.3) is 0 Å². The number of carbonyl (C=O) groups excluding carboxylic acids is 3. The van der Waals surface area contributed by atoms with Crippen LogP contribution >= 0.6 is 0 Å². The highest BCUT2D eigenvalue weighted by atomic mass is 16.7. The number of aliphatic hydroxyl groups excluding tert-OH is 1. The van der Waals surface area contributed by atoms with Crippen LogP contribution in [0.4, 0.5) is 0 Å². The van der Waals surface area contributed by atoms with E-state index in [1.165, 1.54) is 13.8 Å². The van der Waals surface area contributed by atoms with Gasteiger partial charge in [0, 0.05) is 20.8 Å². The molecule has 0 spiro atoms. The monoisotopic (exact) mass is 276 g/mol. The van der Waals surface area contributed by atoms with E-state index in [2.05, 4.69) is 0 Å². The van der Waals surface area contributed by atoms with E-state index in [0.29, 0.717) is 0 Å². The molecule has 1 saturated heterocycles. The predicted molar refractivity (Wildman–Crippen MR) is 58.6 cm³/mol. The van der Waals surface area contributed by atoms with Gasteiger partial charge >= 0.3 is 17.9 Å². The van der Waals surface area contributed by atoms with Crippen molar-refractivity contribution in [2.45, 2.75) is 45.4 Å². The maximum absolute atomic E-state index is 11.0. The first-order chi connectivity index (χ1) is 8.81. The van der Waals surface area contributed by atoms with E-state index >= 15 is 0 Å². The summed E-state index contributed by atoms with van der Waals surface area (Å²) in [6, 6.07) is 0. The highest BCUT2D eigenvalue weighted by molar-refractivity contribution is 5.67. The average Bonchev–Trinajstić information content (AvgIpc) is 2.53. The zero-order chi connectivity index (χ0) is 14.6. The highest BCUT2D eigenvalue weighted by Crippen LogP contribution is 2.26. The molecule has 19 heavy (non-hydrogen) atoms. The van der Waals surface area contributed by atoms with Crippen molar-refractivity contribution < 1.29 is 38.4 Å².